The van der Waals surface area contributed by atoms with Crippen LogP contribution in [0.15, 0.2) is 9.90 Å². The molecule has 2 aromatic heterocycles. The summed E-state index contributed by atoms with van der Waals surface area (Å²) < 4.78 is 17.5. The van der Waals surface area contributed by atoms with Crippen molar-refractivity contribution in [3.8, 4) is 0 Å². The molecule has 0 N–H and O–H groups in total. The Morgan fingerprint density at radius 2 is 2.19 bits per heavy atom. The molecule has 2 saturated heterocycles. The first-order chi connectivity index (χ1) is 12.7. The number of ether oxygens (including phenoxy) is 2. The van der Waals surface area contributed by atoms with Crippen molar-refractivity contribution in [1.29, 1.82) is 0 Å². The largest absolute Gasteiger partial charge is 0.370 e. The molecule has 4 rings (SSSR count). The number of rotatable bonds is 6. The van der Waals surface area contributed by atoms with E-state index in [0.29, 0.717) is 18.3 Å². The SMILES string of the molecule is CCOC1(c2nc([C@H]3CCCO3)no2)CCN(Cc2nc(C)cs2)CC1. The van der Waals surface area contributed by atoms with E-state index in [-0.39, 0.29) is 6.10 Å². The zero-order valence-electron chi connectivity index (χ0n) is 15.4. The van der Waals surface area contributed by atoms with Crippen LogP contribution in [-0.2, 0) is 21.6 Å². The van der Waals surface area contributed by atoms with Gasteiger partial charge in [0.05, 0.1) is 6.54 Å². The molecule has 2 aromatic rings. The van der Waals surface area contributed by atoms with Gasteiger partial charge in [0.1, 0.15) is 16.7 Å². The fraction of sp³-hybridized carbons (Fsp3) is 0.722. The van der Waals surface area contributed by atoms with Crippen molar-refractivity contribution in [2.75, 3.05) is 26.3 Å². The molecule has 2 aliphatic rings. The maximum Gasteiger partial charge on any atom is 0.259 e. The van der Waals surface area contributed by atoms with Gasteiger partial charge in [-0.3, -0.25) is 4.90 Å². The third-order valence-corrected chi connectivity index (χ3v) is 6.11. The van der Waals surface area contributed by atoms with E-state index in [1.165, 1.54) is 5.01 Å². The van der Waals surface area contributed by atoms with E-state index in [1.54, 1.807) is 11.3 Å². The number of aryl methyl sites for hydroxylation is 1. The maximum atomic E-state index is 6.16. The van der Waals surface area contributed by atoms with Gasteiger partial charge in [-0.2, -0.15) is 4.98 Å². The Kier molecular flexibility index (Phi) is 5.35. The van der Waals surface area contributed by atoms with Crippen LogP contribution in [0, 0.1) is 6.92 Å². The first-order valence-corrected chi connectivity index (χ1v) is 10.3. The van der Waals surface area contributed by atoms with E-state index in [0.717, 1.165) is 57.6 Å². The molecule has 142 valence electrons. The molecular weight excluding hydrogens is 352 g/mol. The predicted molar refractivity (Wildman–Crippen MR) is 96.9 cm³/mol. The lowest BCUT2D eigenvalue weighted by Gasteiger charge is -2.38. The number of piperidine rings is 1. The van der Waals surface area contributed by atoms with E-state index in [1.807, 2.05) is 13.8 Å². The van der Waals surface area contributed by atoms with Crippen LogP contribution in [0.2, 0.25) is 0 Å². The molecule has 7 nitrogen and oxygen atoms in total. The summed E-state index contributed by atoms with van der Waals surface area (Å²) >= 11 is 1.73. The molecule has 1 atom stereocenters. The topological polar surface area (TPSA) is 73.5 Å². The van der Waals surface area contributed by atoms with Crippen molar-refractivity contribution < 1.29 is 14.0 Å². The van der Waals surface area contributed by atoms with Crippen LogP contribution in [0.1, 0.15) is 61.1 Å². The van der Waals surface area contributed by atoms with Crippen LogP contribution in [0.5, 0.6) is 0 Å². The molecule has 0 saturated carbocycles. The number of nitrogens with zero attached hydrogens (tertiary/aromatic N) is 4. The van der Waals surface area contributed by atoms with Gasteiger partial charge < -0.3 is 14.0 Å². The Morgan fingerprint density at radius 1 is 1.35 bits per heavy atom. The molecule has 0 radical (unpaired) electrons. The molecule has 0 unspecified atom stereocenters. The number of hydrogen-bond acceptors (Lipinski definition) is 8. The molecular formula is C18H26N4O3S. The second-order valence-corrected chi connectivity index (χ2v) is 7.99. The summed E-state index contributed by atoms with van der Waals surface area (Å²) in [5.74, 6) is 1.27. The molecule has 0 spiro atoms. The first kappa shape index (κ1) is 18.0. The van der Waals surface area contributed by atoms with Gasteiger partial charge in [0.15, 0.2) is 0 Å². The summed E-state index contributed by atoms with van der Waals surface area (Å²) in [5, 5.41) is 7.45. The molecule has 0 bridgehead atoms. The standard InChI is InChI=1S/C18H26N4O3S/c1-3-24-18(17-20-16(21-25-17)14-5-4-10-23-14)6-8-22(9-7-18)11-15-19-13(2)12-26-15/h12,14H,3-11H2,1-2H3/t14-/m1/s1. The van der Waals surface area contributed by atoms with Crippen molar-refractivity contribution in [2.24, 2.45) is 0 Å². The minimum atomic E-state index is -0.478. The van der Waals surface area contributed by atoms with E-state index in [4.69, 9.17) is 14.0 Å². The fourth-order valence-corrected chi connectivity index (χ4v) is 4.58. The fourth-order valence-electron chi connectivity index (χ4n) is 3.77. The van der Waals surface area contributed by atoms with Crippen LogP contribution >= 0.6 is 11.3 Å². The normalized spacial score (nSPS) is 23.5. The second-order valence-electron chi connectivity index (χ2n) is 7.05. The van der Waals surface area contributed by atoms with Crippen LogP contribution in [0.3, 0.4) is 0 Å². The van der Waals surface area contributed by atoms with Gasteiger partial charge in [0.25, 0.3) is 5.89 Å². The van der Waals surface area contributed by atoms with Crippen molar-refractivity contribution in [3.05, 3.63) is 27.8 Å². The highest BCUT2D eigenvalue weighted by Crippen LogP contribution is 2.37. The minimum Gasteiger partial charge on any atom is -0.370 e. The highest BCUT2D eigenvalue weighted by molar-refractivity contribution is 7.09. The van der Waals surface area contributed by atoms with E-state index in [9.17, 15) is 0 Å². The van der Waals surface area contributed by atoms with Crippen LogP contribution < -0.4 is 0 Å². The molecule has 2 fully saturated rings. The Morgan fingerprint density at radius 3 is 2.85 bits per heavy atom. The lowest BCUT2D eigenvalue weighted by atomic mass is 9.90. The minimum absolute atomic E-state index is 0.0283. The quantitative estimate of drug-likeness (QED) is 0.764. The summed E-state index contributed by atoms with van der Waals surface area (Å²) in [5.41, 5.74) is 0.617. The maximum absolute atomic E-state index is 6.16. The zero-order chi connectivity index (χ0) is 18.0. The molecule has 26 heavy (non-hydrogen) atoms. The van der Waals surface area contributed by atoms with Crippen molar-refractivity contribution in [2.45, 2.75) is 57.8 Å². The Hall–Kier alpha value is -1.35. The summed E-state index contributed by atoms with van der Waals surface area (Å²) in [6, 6.07) is 0. The molecule has 0 amide bonds. The van der Waals surface area contributed by atoms with E-state index >= 15 is 0 Å². The summed E-state index contributed by atoms with van der Waals surface area (Å²) in [6.07, 6.45) is 3.67. The summed E-state index contributed by atoms with van der Waals surface area (Å²) in [4.78, 5) is 11.7. The van der Waals surface area contributed by atoms with Crippen molar-refractivity contribution in [1.82, 2.24) is 20.0 Å². The van der Waals surface area contributed by atoms with Gasteiger partial charge in [-0.05, 0) is 39.5 Å². The molecule has 0 aromatic carbocycles. The number of aromatic nitrogens is 3. The second kappa shape index (κ2) is 7.72. The number of likely N-dealkylation sites (tertiary alicyclic amines) is 1. The molecule has 0 aliphatic carbocycles. The van der Waals surface area contributed by atoms with Gasteiger partial charge in [0, 0.05) is 37.4 Å². The van der Waals surface area contributed by atoms with Crippen molar-refractivity contribution in [3.63, 3.8) is 0 Å². The molecule has 8 heteroatoms. The Balaban J connectivity index is 1.44. The van der Waals surface area contributed by atoms with E-state index in [2.05, 4.69) is 25.4 Å². The Labute approximate surface area is 157 Å². The lowest BCUT2D eigenvalue weighted by Crippen LogP contribution is -2.44. The third-order valence-electron chi connectivity index (χ3n) is 5.16. The average molecular weight is 378 g/mol. The third kappa shape index (κ3) is 3.69. The van der Waals surface area contributed by atoms with Crippen LogP contribution in [-0.4, -0.2) is 46.3 Å². The van der Waals surface area contributed by atoms with Crippen LogP contribution in [0.4, 0.5) is 0 Å². The number of hydrogen-bond donors (Lipinski definition) is 0. The van der Waals surface area contributed by atoms with Gasteiger partial charge in [-0.15, -0.1) is 11.3 Å². The van der Waals surface area contributed by atoms with Gasteiger partial charge >= 0.3 is 0 Å². The smallest absolute Gasteiger partial charge is 0.259 e. The number of thiazole rings is 1. The van der Waals surface area contributed by atoms with Crippen molar-refractivity contribution >= 4 is 11.3 Å². The molecule has 2 aliphatic heterocycles. The summed E-state index contributed by atoms with van der Waals surface area (Å²) in [7, 11) is 0. The highest BCUT2D eigenvalue weighted by Gasteiger charge is 2.42. The monoisotopic (exact) mass is 378 g/mol. The average Bonchev–Trinajstić information content (AvgIpc) is 3.38. The van der Waals surface area contributed by atoms with Gasteiger partial charge in [-0.25, -0.2) is 4.98 Å². The summed E-state index contributed by atoms with van der Waals surface area (Å²) in [6.45, 7) is 8.21. The van der Waals surface area contributed by atoms with E-state index < -0.39 is 5.60 Å². The zero-order valence-corrected chi connectivity index (χ0v) is 16.3. The molecule has 4 heterocycles. The first-order valence-electron chi connectivity index (χ1n) is 9.41. The Bertz CT molecular complexity index is 718. The lowest BCUT2D eigenvalue weighted by molar-refractivity contribution is -0.104. The highest BCUT2D eigenvalue weighted by atomic mass is 32.1. The van der Waals surface area contributed by atoms with Crippen LogP contribution in [0.25, 0.3) is 0 Å². The van der Waals surface area contributed by atoms with Gasteiger partial charge in [0.2, 0.25) is 5.82 Å². The van der Waals surface area contributed by atoms with Gasteiger partial charge in [-0.1, -0.05) is 5.16 Å². The predicted octanol–water partition coefficient (Wildman–Crippen LogP) is 3.21.